The smallest absolute Gasteiger partial charge is 0.267 e. The Balaban J connectivity index is 1.23. The molecule has 3 heterocycles. The second kappa shape index (κ2) is 10.5. The van der Waals surface area contributed by atoms with Crippen molar-refractivity contribution < 1.29 is 14.0 Å². The zero-order chi connectivity index (χ0) is 29.3. The minimum Gasteiger partial charge on any atom is -0.543 e. The van der Waals surface area contributed by atoms with Gasteiger partial charge in [0.2, 0.25) is 8.32 Å². The number of pyridine rings is 1. The van der Waals surface area contributed by atoms with Crippen molar-refractivity contribution in [2.24, 2.45) is 22.7 Å². The van der Waals surface area contributed by atoms with E-state index in [1.54, 1.807) is 0 Å². The van der Waals surface area contributed by atoms with Gasteiger partial charge >= 0.3 is 0 Å². The quantitative estimate of drug-likeness (QED) is 0.328. The molecule has 0 spiro atoms. The highest BCUT2D eigenvalue weighted by Gasteiger charge is 2.53. The monoisotopic (exact) mass is 603 g/mol. The first-order chi connectivity index (χ1) is 20.0. The first-order valence-corrected chi connectivity index (χ1v) is 19.7. The third-order valence-corrected chi connectivity index (χ3v) is 16.6. The lowest BCUT2D eigenvalue weighted by Gasteiger charge is -2.57. The molecule has 4 saturated carbocycles. The number of rotatable bonds is 5. The van der Waals surface area contributed by atoms with Crippen LogP contribution in [-0.2, 0) is 14.9 Å². The predicted molar refractivity (Wildman–Crippen MR) is 173 cm³/mol. The van der Waals surface area contributed by atoms with Gasteiger partial charge < -0.3 is 14.1 Å². The van der Waals surface area contributed by atoms with Crippen LogP contribution < -0.4 is 4.43 Å². The minimum atomic E-state index is -2.02. The fraction of sp³-hybridized carbons (Fsp3) is 0.618. The third kappa shape index (κ3) is 5.15. The first-order valence-electron chi connectivity index (χ1n) is 15.9. The van der Waals surface area contributed by atoms with Gasteiger partial charge in [0.05, 0.1) is 24.6 Å². The third-order valence-electron chi connectivity index (χ3n) is 11.0. The summed E-state index contributed by atoms with van der Waals surface area (Å²) in [4.78, 5) is 24.7. The minimum absolute atomic E-state index is 0.112. The van der Waals surface area contributed by atoms with Crippen LogP contribution in [0, 0.1) is 17.8 Å². The molecule has 8 rings (SSSR count). The molecule has 2 aromatic rings. The van der Waals surface area contributed by atoms with E-state index in [0.29, 0.717) is 13.2 Å². The number of carbonyl (C=O) groups is 1. The Kier molecular flexibility index (Phi) is 7.14. The van der Waals surface area contributed by atoms with Gasteiger partial charge in [0.15, 0.2) is 5.17 Å². The van der Waals surface area contributed by atoms with Gasteiger partial charge in [-0.05, 0) is 116 Å². The average Bonchev–Trinajstić information content (AvgIpc) is 3.34. The maximum Gasteiger partial charge on any atom is 0.267 e. The molecule has 4 bridgehead atoms. The number of nitrogens with zero attached hydrogens (tertiary/aromatic N) is 3. The van der Waals surface area contributed by atoms with E-state index in [-0.39, 0.29) is 16.4 Å². The number of carbonyl (C=O) groups excluding carboxylic acids is 1. The Morgan fingerprint density at radius 2 is 1.67 bits per heavy atom. The lowest BCUT2D eigenvalue weighted by Crippen LogP contribution is -2.49. The number of aromatic nitrogens is 1. The molecule has 5 fully saturated rings. The maximum atomic E-state index is 13.0. The van der Waals surface area contributed by atoms with Crippen molar-refractivity contribution in [2.75, 3.05) is 26.3 Å². The summed E-state index contributed by atoms with van der Waals surface area (Å²) >= 11 is 1.53. The molecule has 0 radical (unpaired) electrons. The van der Waals surface area contributed by atoms with Crippen LogP contribution in [0.25, 0.3) is 11.3 Å². The van der Waals surface area contributed by atoms with Gasteiger partial charge in [0, 0.05) is 18.7 Å². The van der Waals surface area contributed by atoms with Crippen molar-refractivity contribution in [3.8, 4) is 17.0 Å². The Bertz CT molecular complexity index is 1380. The molecule has 4 aliphatic carbocycles. The molecule has 224 valence electrons. The summed E-state index contributed by atoms with van der Waals surface area (Å²) in [6, 6.07) is 13.0. The molecule has 0 N–H and O–H groups in total. The SMILES string of the molecule is CC(C)(C)[Si](C)(C)Oc1ccc(-c2cccc(C3SC(N4CCOCC4)=NC3=O)n2)cc1C12CC3CC(CC(C3)C1)C2. The van der Waals surface area contributed by atoms with Crippen molar-refractivity contribution in [3.63, 3.8) is 0 Å². The first kappa shape index (κ1) is 28.6. The number of thioether (sulfide) groups is 1. The van der Waals surface area contributed by atoms with Crippen molar-refractivity contribution >= 4 is 31.2 Å². The molecule has 1 amide bonds. The second-order valence-electron chi connectivity index (χ2n) is 15.0. The molecule has 1 saturated heterocycles. The van der Waals surface area contributed by atoms with E-state index >= 15 is 0 Å². The van der Waals surface area contributed by atoms with Crippen LogP contribution in [-0.4, -0.2) is 55.6 Å². The van der Waals surface area contributed by atoms with E-state index in [0.717, 1.165) is 58.7 Å². The Morgan fingerprint density at radius 1 is 1.00 bits per heavy atom. The number of ether oxygens (including phenoxy) is 1. The Labute approximate surface area is 256 Å². The van der Waals surface area contributed by atoms with E-state index in [1.165, 1.54) is 55.9 Å². The van der Waals surface area contributed by atoms with Crippen molar-refractivity contribution in [1.82, 2.24) is 9.88 Å². The van der Waals surface area contributed by atoms with Crippen LogP contribution >= 0.6 is 11.8 Å². The van der Waals surface area contributed by atoms with Crippen LogP contribution in [0.15, 0.2) is 41.4 Å². The molecule has 1 atom stereocenters. The fourth-order valence-corrected chi connectivity index (χ4v) is 10.4. The van der Waals surface area contributed by atoms with Crippen LogP contribution in [0.2, 0.25) is 18.1 Å². The Morgan fingerprint density at radius 3 is 2.31 bits per heavy atom. The molecule has 1 unspecified atom stereocenters. The van der Waals surface area contributed by atoms with Gasteiger partial charge in [0.1, 0.15) is 11.0 Å². The zero-order valence-electron chi connectivity index (χ0n) is 25.8. The van der Waals surface area contributed by atoms with Crippen molar-refractivity contribution in [3.05, 3.63) is 47.7 Å². The largest absolute Gasteiger partial charge is 0.543 e. The maximum absolute atomic E-state index is 13.0. The number of hydrogen-bond donors (Lipinski definition) is 0. The average molecular weight is 604 g/mol. The zero-order valence-corrected chi connectivity index (χ0v) is 27.6. The molecule has 6 nitrogen and oxygen atoms in total. The summed E-state index contributed by atoms with van der Waals surface area (Å²) in [5.41, 5.74) is 4.45. The highest BCUT2D eigenvalue weighted by molar-refractivity contribution is 8.15. The van der Waals surface area contributed by atoms with Crippen LogP contribution in [0.5, 0.6) is 5.75 Å². The van der Waals surface area contributed by atoms with Crippen molar-refractivity contribution in [2.45, 2.75) is 88.1 Å². The summed E-state index contributed by atoms with van der Waals surface area (Å²) in [6.07, 6.45) is 8.13. The molecular weight excluding hydrogens is 559 g/mol. The molecular formula is C34H45N3O3SSi. The van der Waals surface area contributed by atoms with E-state index in [1.807, 2.05) is 12.1 Å². The van der Waals surface area contributed by atoms with E-state index in [4.69, 9.17) is 14.1 Å². The van der Waals surface area contributed by atoms with Crippen LogP contribution in [0.1, 0.15) is 75.8 Å². The van der Waals surface area contributed by atoms with Gasteiger partial charge in [-0.3, -0.25) is 9.78 Å². The summed E-state index contributed by atoms with van der Waals surface area (Å²) < 4.78 is 12.6. The topological polar surface area (TPSA) is 64.0 Å². The number of benzene rings is 1. The molecule has 8 heteroatoms. The number of amidine groups is 1. The van der Waals surface area contributed by atoms with Crippen LogP contribution in [0.4, 0.5) is 0 Å². The molecule has 1 aromatic carbocycles. The number of aliphatic imine (C=N–C) groups is 1. The van der Waals surface area contributed by atoms with Crippen LogP contribution in [0.3, 0.4) is 0 Å². The van der Waals surface area contributed by atoms with Gasteiger partial charge in [-0.2, -0.15) is 4.99 Å². The lowest BCUT2D eigenvalue weighted by molar-refractivity contribution is -0.117. The molecule has 1 aromatic heterocycles. The summed E-state index contributed by atoms with van der Waals surface area (Å²) in [7, 11) is -2.02. The fourth-order valence-electron chi connectivity index (χ4n) is 8.24. The Hall–Kier alpha value is -2.16. The van der Waals surface area contributed by atoms with Crippen molar-refractivity contribution in [1.29, 1.82) is 0 Å². The highest BCUT2D eigenvalue weighted by Crippen LogP contribution is 2.62. The van der Waals surface area contributed by atoms with E-state index in [2.05, 4.69) is 68.0 Å². The highest BCUT2D eigenvalue weighted by atomic mass is 32.2. The summed E-state index contributed by atoms with van der Waals surface area (Å²) in [5, 5.41) is 0.539. The number of morpholine rings is 1. The lowest BCUT2D eigenvalue weighted by atomic mass is 9.48. The summed E-state index contributed by atoms with van der Waals surface area (Å²) in [6.45, 7) is 14.6. The predicted octanol–water partition coefficient (Wildman–Crippen LogP) is 7.60. The summed E-state index contributed by atoms with van der Waals surface area (Å²) in [5.74, 6) is 3.56. The van der Waals surface area contributed by atoms with Gasteiger partial charge in [-0.25, -0.2) is 0 Å². The van der Waals surface area contributed by atoms with Gasteiger partial charge in [-0.15, -0.1) is 0 Å². The molecule has 42 heavy (non-hydrogen) atoms. The van der Waals surface area contributed by atoms with E-state index in [9.17, 15) is 4.79 Å². The van der Waals surface area contributed by atoms with E-state index < -0.39 is 13.6 Å². The molecule has 6 aliphatic rings. The molecule has 2 aliphatic heterocycles. The van der Waals surface area contributed by atoms with Gasteiger partial charge in [-0.1, -0.05) is 38.6 Å². The normalized spacial score (nSPS) is 31.0. The number of hydrogen-bond acceptors (Lipinski definition) is 6. The standard InChI is InChI=1S/C34H45N3O3SSi/c1-33(2,3)42(4,5)40-29-10-9-25(18-26(29)34-19-22-15-23(20-34)17-24(16-22)21-34)27-7-6-8-28(35-27)30-31(38)36-32(41-30)37-11-13-39-14-12-37/h6-10,18,22-24,30H,11-17,19-21H2,1-5H3. The second-order valence-corrected chi connectivity index (χ2v) is 20.8. The number of amides is 1. The van der Waals surface area contributed by atoms with Gasteiger partial charge in [0.25, 0.3) is 5.91 Å².